The molecule has 0 aliphatic carbocycles. The molecule has 2 aromatic heterocycles. The second-order valence-electron chi connectivity index (χ2n) is 6.73. The number of nitrogens with one attached hydrogen (secondary N) is 1. The minimum Gasteiger partial charge on any atom is -0.493 e. The van der Waals surface area contributed by atoms with Gasteiger partial charge in [0.05, 0.1) is 45.6 Å². The fourth-order valence-corrected chi connectivity index (χ4v) is 3.43. The Hall–Kier alpha value is -3.40. The van der Waals surface area contributed by atoms with Crippen LogP contribution in [0.2, 0.25) is 0 Å². The van der Waals surface area contributed by atoms with E-state index in [2.05, 4.69) is 25.3 Å². The molecule has 3 aromatic rings. The van der Waals surface area contributed by atoms with E-state index in [4.69, 9.17) is 14.2 Å². The van der Waals surface area contributed by atoms with Crippen LogP contribution in [0.3, 0.4) is 0 Å². The summed E-state index contributed by atoms with van der Waals surface area (Å²) in [4.78, 5) is 23.5. The molecule has 0 spiro atoms. The van der Waals surface area contributed by atoms with Crippen LogP contribution in [0.1, 0.15) is 10.4 Å². The van der Waals surface area contributed by atoms with Gasteiger partial charge in [-0.15, -0.1) is 0 Å². The summed E-state index contributed by atoms with van der Waals surface area (Å²) >= 11 is 0. The Kier molecular flexibility index (Phi) is 5.94. The Morgan fingerprint density at radius 2 is 1.97 bits per heavy atom. The van der Waals surface area contributed by atoms with Crippen molar-refractivity contribution in [2.24, 2.45) is 0 Å². The van der Waals surface area contributed by atoms with Crippen LogP contribution in [0.25, 0.3) is 11.0 Å². The molecule has 0 radical (unpaired) electrons. The number of amides is 1. The molecule has 1 aromatic carbocycles. The highest BCUT2D eigenvalue weighted by molar-refractivity contribution is 5.94. The summed E-state index contributed by atoms with van der Waals surface area (Å²) in [6, 6.07) is 5.06. The van der Waals surface area contributed by atoms with Crippen LogP contribution in [-0.2, 0) is 11.3 Å². The van der Waals surface area contributed by atoms with Crippen molar-refractivity contribution in [3.63, 3.8) is 0 Å². The number of carbonyl (C=O) groups excluding carboxylic acids is 1. The summed E-state index contributed by atoms with van der Waals surface area (Å²) in [5.74, 6) is 1.75. The molecular formula is C20H24N6O4. The highest BCUT2D eigenvalue weighted by Gasteiger charge is 2.18. The van der Waals surface area contributed by atoms with Crippen molar-refractivity contribution in [3.8, 4) is 11.5 Å². The number of anilines is 1. The summed E-state index contributed by atoms with van der Waals surface area (Å²) in [5.41, 5.74) is 1.24. The fourth-order valence-electron chi connectivity index (χ4n) is 3.43. The van der Waals surface area contributed by atoms with E-state index >= 15 is 0 Å². The second-order valence-corrected chi connectivity index (χ2v) is 6.73. The van der Waals surface area contributed by atoms with E-state index in [9.17, 15) is 4.79 Å². The molecule has 158 valence electrons. The van der Waals surface area contributed by atoms with Gasteiger partial charge in [0, 0.05) is 25.2 Å². The third-order valence-electron chi connectivity index (χ3n) is 4.98. The number of fused-ring (bicyclic) bond motifs is 1. The number of carbonyl (C=O) groups is 1. The van der Waals surface area contributed by atoms with Crippen LogP contribution in [0.15, 0.2) is 30.7 Å². The van der Waals surface area contributed by atoms with Crippen molar-refractivity contribution in [1.82, 2.24) is 25.1 Å². The summed E-state index contributed by atoms with van der Waals surface area (Å²) in [7, 11) is 3.09. The number of hydrogen-bond acceptors (Lipinski definition) is 8. The topological polar surface area (TPSA) is 104 Å². The Bertz CT molecular complexity index is 1030. The number of methoxy groups -OCH3 is 2. The van der Waals surface area contributed by atoms with E-state index in [0.717, 1.165) is 29.9 Å². The summed E-state index contributed by atoms with van der Waals surface area (Å²) in [5, 5.41) is 8.24. The molecule has 10 nitrogen and oxygen atoms in total. The molecule has 1 saturated heterocycles. The molecule has 0 atom stereocenters. The molecule has 1 aliphatic heterocycles. The molecule has 1 aliphatic rings. The zero-order valence-corrected chi connectivity index (χ0v) is 17.0. The molecule has 10 heteroatoms. The predicted molar refractivity (Wildman–Crippen MR) is 110 cm³/mol. The van der Waals surface area contributed by atoms with Crippen LogP contribution in [0, 0.1) is 0 Å². The normalized spacial score (nSPS) is 14.0. The third kappa shape index (κ3) is 3.99. The highest BCUT2D eigenvalue weighted by Crippen LogP contribution is 2.27. The Balaban J connectivity index is 1.42. The van der Waals surface area contributed by atoms with Gasteiger partial charge in [0.25, 0.3) is 5.91 Å². The van der Waals surface area contributed by atoms with Crippen molar-refractivity contribution in [1.29, 1.82) is 0 Å². The molecule has 30 heavy (non-hydrogen) atoms. The van der Waals surface area contributed by atoms with E-state index in [1.165, 1.54) is 7.11 Å². The SMILES string of the molecule is COc1ccc(C(=O)NCCn2ncc3c(N4CCOCC4)ncnc32)cc1OC. The van der Waals surface area contributed by atoms with E-state index in [0.29, 0.717) is 43.4 Å². The van der Waals surface area contributed by atoms with Gasteiger partial charge < -0.3 is 24.4 Å². The molecule has 3 heterocycles. The maximum Gasteiger partial charge on any atom is 0.251 e. The van der Waals surface area contributed by atoms with Gasteiger partial charge in [-0.05, 0) is 18.2 Å². The lowest BCUT2D eigenvalue weighted by atomic mass is 10.2. The average molecular weight is 412 g/mol. The van der Waals surface area contributed by atoms with Gasteiger partial charge >= 0.3 is 0 Å². The fraction of sp³-hybridized carbons (Fsp3) is 0.400. The lowest BCUT2D eigenvalue weighted by Crippen LogP contribution is -2.36. The number of morpholine rings is 1. The van der Waals surface area contributed by atoms with Crippen LogP contribution in [0.4, 0.5) is 5.82 Å². The smallest absolute Gasteiger partial charge is 0.251 e. The van der Waals surface area contributed by atoms with Crippen molar-refractivity contribution in [2.75, 3.05) is 52.0 Å². The van der Waals surface area contributed by atoms with Crippen LogP contribution < -0.4 is 19.7 Å². The molecular weight excluding hydrogens is 388 g/mol. The minimum atomic E-state index is -0.198. The number of ether oxygens (including phenoxy) is 3. The van der Waals surface area contributed by atoms with Gasteiger partial charge in [0.15, 0.2) is 17.1 Å². The zero-order chi connectivity index (χ0) is 20.9. The van der Waals surface area contributed by atoms with E-state index in [1.807, 2.05) is 0 Å². The molecule has 1 N–H and O–H groups in total. The molecule has 1 amide bonds. The van der Waals surface area contributed by atoms with Gasteiger partial charge in [-0.3, -0.25) is 4.79 Å². The van der Waals surface area contributed by atoms with Gasteiger partial charge in [0.2, 0.25) is 0 Å². The molecule has 4 rings (SSSR count). The van der Waals surface area contributed by atoms with Crippen LogP contribution >= 0.6 is 0 Å². The first-order valence-electron chi connectivity index (χ1n) is 9.70. The monoisotopic (exact) mass is 412 g/mol. The zero-order valence-electron chi connectivity index (χ0n) is 17.0. The maximum atomic E-state index is 12.5. The number of rotatable bonds is 7. The largest absolute Gasteiger partial charge is 0.493 e. The summed E-state index contributed by atoms with van der Waals surface area (Å²) < 4.78 is 17.6. The summed E-state index contributed by atoms with van der Waals surface area (Å²) in [6.45, 7) is 3.84. The number of aromatic nitrogens is 4. The second kappa shape index (κ2) is 8.95. The first-order chi connectivity index (χ1) is 14.7. The lowest BCUT2D eigenvalue weighted by Gasteiger charge is -2.27. The number of nitrogens with zero attached hydrogens (tertiary/aromatic N) is 5. The van der Waals surface area contributed by atoms with Gasteiger partial charge in [0.1, 0.15) is 12.1 Å². The Morgan fingerprint density at radius 1 is 1.17 bits per heavy atom. The Labute approximate surface area is 173 Å². The van der Waals surface area contributed by atoms with Crippen molar-refractivity contribution in [3.05, 3.63) is 36.3 Å². The van der Waals surface area contributed by atoms with Gasteiger partial charge in [-0.1, -0.05) is 0 Å². The van der Waals surface area contributed by atoms with E-state index in [-0.39, 0.29) is 5.91 Å². The average Bonchev–Trinajstić information content (AvgIpc) is 3.22. The van der Waals surface area contributed by atoms with Gasteiger partial charge in [-0.2, -0.15) is 5.10 Å². The van der Waals surface area contributed by atoms with Crippen LogP contribution in [-0.4, -0.2) is 72.7 Å². The first-order valence-corrected chi connectivity index (χ1v) is 9.70. The first kappa shape index (κ1) is 19.9. The standard InChI is InChI=1S/C20H24N6O4/c1-28-16-4-3-14(11-17(16)29-2)20(27)21-5-6-26-19-15(12-24-26)18(22-13-23-19)25-7-9-30-10-8-25/h3-4,11-13H,5-10H2,1-2H3,(H,21,27). The van der Waals surface area contributed by atoms with Gasteiger partial charge in [-0.25, -0.2) is 14.6 Å². The van der Waals surface area contributed by atoms with Crippen molar-refractivity contribution in [2.45, 2.75) is 6.54 Å². The predicted octanol–water partition coefficient (Wildman–Crippen LogP) is 1.11. The summed E-state index contributed by atoms with van der Waals surface area (Å²) in [6.07, 6.45) is 3.32. The quantitative estimate of drug-likeness (QED) is 0.616. The van der Waals surface area contributed by atoms with Crippen molar-refractivity contribution >= 4 is 22.8 Å². The minimum absolute atomic E-state index is 0.198. The maximum absolute atomic E-state index is 12.5. The molecule has 0 bridgehead atoms. The van der Waals surface area contributed by atoms with E-state index < -0.39 is 0 Å². The molecule has 0 unspecified atom stereocenters. The number of hydrogen-bond donors (Lipinski definition) is 1. The molecule has 0 saturated carbocycles. The third-order valence-corrected chi connectivity index (χ3v) is 4.98. The lowest BCUT2D eigenvalue weighted by molar-refractivity contribution is 0.0951. The van der Waals surface area contributed by atoms with E-state index in [1.54, 1.807) is 42.5 Å². The Morgan fingerprint density at radius 3 is 2.73 bits per heavy atom. The van der Waals surface area contributed by atoms with Crippen molar-refractivity contribution < 1.29 is 19.0 Å². The number of benzene rings is 1. The highest BCUT2D eigenvalue weighted by atomic mass is 16.5. The molecule has 1 fully saturated rings. The van der Waals surface area contributed by atoms with Crippen LogP contribution in [0.5, 0.6) is 11.5 Å².